The first-order valence-electron chi connectivity index (χ1n) is 12.9. The Morgan fingerprint density at radius 3 is 2.72 bits per heavy atom. The van der Waals surface area contributed by atoms with E-state index in [1.54, 1.807) is 10.8 Å². The van der Waals surface area contributed by atoms with Crippen LogP contribution in [0.2, 0.25) is 0 Å². The summed E-state index contributed by atoms with van der Waals surface area (Å²) in [6.07, 6.45) is 11.7. The molecule has 10 heteroatoms. The number of hydrogen-bond acceptors (Lipinski definition) is 9. The molecule has 0 radical (unpaired) electrons. The van der Waals surface area contributed by atoms with E-state index in [0.717, 1.165) is 63.1 Å². The maximum atomic E-state index is 13.5. The van der Waals surface area contributed by atoms with Gasteiger partial charge >= 0.3 is 0 Å². The van der Waals surface area contributed by atoms with E-state index < -0.39 is 0 Å². The van der Waals surface area contributed by atoms with Gasteiger partial charge in [-0.2, -0.15) is 4.98 Å². The van der Waals surface area contributed by atoms with E-state index >= 15 is 0 Å². The van der Waals surface area contributed by atoms with Crippen molar-refractivity contribution in [3.05, 3.63) is 51.9 Å². The van der Waals surface area contributed by atoms with Crippen LogP contribution in [0.1, 0.15) is 54.6 Å². The summed E-state index contributed by atoms with van der Waals surface area (Å²) < 4.78 is 1.74. The highest BCUT2D eigenvalue weighted by Gasteiger charge is 2.36. The molecule has 3 N–H and O–H groups in total. The topological polar surface area (TPSA) is 117 Å². The summed E-state index contributed by atoms with van der Waals surface area (Å²) in [6.45, 7) is 7.12. The zero-order valence-electron chi connectivity index (χ0n) is 20.8. The van der Waals surface area contributed by atoms with Gasteiger partial charge in [0.15, 0.2) is 5.78 Å². The normalized spacial score (nSPS) is 23.9. The number of nitrogens with zero attached hydrogens (tertiary/aromatic N) is 5. The number of pyridine rings is 1. The minimum atomic E-state index is -0.245. The lowest BCUT2D eigenvalue weighted by atomic mass is 9.95. The monoisotopic (exact) mass is 488 g/mol. The smallest absolute Gasteiger partial charge is 0.263 e. The van der Waals surface area contributed by atoms with Crippen LogP contribution in [-0.4, -0.2) is 63.3 Å². The van der Waals surface area contributed by atoms with Crippen molar-refractivity contribution in [2.45, 2.75) is 51.6 Å². The van der Waals surface area contributed by atoms with Crippen molar-refractivity contribution < 1.29 is 4.79 Å². The molecule has 10 nitrogen and oxygen atoms in total. The van der Waals surface area contributed by atoms with Gasteiger partial charge in [0.25, 0.3) is 5.56 Å². The van der Waals surface area contributed by atoms with Gasteiger partial charge in [-0.25, -0.2) is 9.98 Å². The van der Waals surface area contributed by atoms with Gasteiger partial charge in [-0.05, 0) is 38.5 Å². The number of aryl methyl sites for hydroxylation is 1. The molecular weight excluding hydrogens is 456 g/mol. The molecule has 36 heavy (non-hydrogen) atoms. The van der Waals surface area contributed by atoms with Crippen molar-refractivity contribution in [2.24, 2.45) is 10.9 Å². The number of carbonyl (C=O) groups excluding carboxylic acids is 1. The molecule has 0 spiro atoms. The van der Waals surface area contributed by atoms with E-state index in [1.807, 2.05) is 19.3 Å². The number of anilines is 1. The van der Waals surface area contributed by atoms with Crippen LogP contribution in [-0.2, 0) is 0 Å². The van der Waals surface area contributed by atoms with Gasteiger partial charge in [-0.3, -0.25) is 14.2 Å². The Labute approximate surface area is 209 Å². The fraction of sp³-hybridized carbons (Fsp3) is 0.500. The van der Waals surface area contributed by atoms with Crippen molar-refractivity contribution in [1.29, 1.82) is 0 Å². The summed E-state index contributed by atoms with van der Waals surface area (Å²) in [5.74, 6) is 0.994. The molecule has 1 saturated carbocycles. The minimum absolute atomic E-state index is 0.0398. The van der Waals surface area contributed by atoms with Crippen molar-refractivity contribution in [3.63, 3.8) is 0 Å². The first-order chi connectivity index (χ1) is 17.5. The van der Waals surface area contributed by atoms with Crippen LogP contribution in [0.5, 0.6) is 0 Å². The maximum absolute atomic E-state index is 13.5. The lowest BCUT2D eigenvalue weighted by Crippen LogP contribution is -2.50. The second kappa shape index (κ2) is 9.16. The highest BCUT2D eigenvalue weighted by atomic mass is 16.1. The number of amidine groups is 1. The van der Waals surface area contributed by atoms with Crippen LogP contribution >= 0.6 is 0 Å². The predicted molar refractivity (Wildman–Crippen MR) is 139 cm³/mol. The van der Waals surface area contributed by atoms with Crippen molar-refractivity contribution >= 4 is 28.6 Å². The molecular formula is C26H32N8O2. The van der Waals surface area contributed by atoms with Gasteiger partial charge in [-0.1, -0.05) is 18.9 Å². The molecule has 0 bridgehead atoms. The second-order valence-electron chi connectivity index (χ2n) is 10.1. The van der Waals surface area contributed by atoms with E-state index in [2.05, 4.69) is 31.9 Å². The van der Waals surface area contributed by atoms with Gasteiger partial charge in [0.05, 0.1) is 29.4 Å². The average Bonchev–Trinajstić information content (AvgIpc) is 3.58. The molecule has 5 heterocycles. The van der Waals surface area contributed by atoms with Gasteiger partial charge in [0.1, 0.15) is 11.5 Å². The summed E-state index contributed by atoms with van der Waals surface area (Å²) in [5, 5.41) is 11.0. The Kier molecular flexibility index (Phi) is 5.83. The first-order valence-corrected chi connectivity index (χ1v) is 12.9. The first kappa shape index (κ1) is 22.9. The fourth-order valence-electron chi connectivity index (χ4n) is 6.04. The van der Waals surface area contributed by atoms with E-state index in [-0.39, 0.29) is 34.9 Å². The lowest BCUT2D eigenvalue weighted by molar-refractivity contribution is 0.101. The summed E-state index contributed by atoms with van der Waals surface area (Å²) >= 11 is 0. The predicted octanol–water partition coefficient (Wildman–Crippen LogP) is 2.09. The third-order valence-electron chi connectivity index (χ3n) is 7.88. The Morgan fingerprint density at radius 1 is 1.19 bits per heavy atom. The number of piperazine rings is 1. The second-order valence-corrected chi connectivity index (χ2v) is 10.1. The average molecular weight is 489 g/mol. The number of aromatic nitrogens is 3. The zero-order chi connectivity index (χ0) is 24.8. The number of rotatable bonds is 4. The number of hydrogen-bond donors (Lipinski definition) is 3. The van der Waals surface area contributed by atoms with Crippen LogP contribution < -0.4 is 21.5 Å². The number of fused-ring (bicyclic) bond motifs is 2. The van der Waals surface area contributed by atoms with E-state index in [0.29, 0.717) is 17.2 Å². The molecule has 1 aliphatic carbocycles. The number of Topliss-reactive ketones (excluding diaryl/α,β-unsaturated/α-hetero) is 1. The van der Waals surface area contributed by atoms with Gasteiger partial charge in [-0.15, -0.1) is 0 Å². The number of nitrogens with one attached hydrogen (secondary N) is 3. The molecule has 4 aliphatic rings. The van der Waals surface area contributed by atoms with Crippen LogP contribution in [0.4, 0.5) is 5.95 Å². The molecule has 2 unspecified atom stereocenters. The van der Waals surface area contributed by atoms with Gasteiger partial charge in [0, 0.05) is 43.8 Å². The molecule has 188 valence electrons. The quantitative estimate of drug-likeness (QED) is 0.561. The molecule has 0 amide bonds. The lowest BCUT2D eigenvalue weighted by Gasteiger charge is -2.37. The molecule has 6 rings (SSSR count). The summed E-state index contributed by atoms with van der Waals surface area (Å²) in [5.41, 5.74) is 2.41. The molecule has 2 atom stereocenters. The van der Waals surface area contributed by atoms with E-state index in [4.69, 9.17) is 9.98 Å². The zero-order valence-corrected chi connectivity index (χ0v) is 20.8. The molecule has 1 saturated heterocycles. The van der Waals surface area contributed by atoms with Crippen molar-refractivity contribution in [1.82, 2.24) is 30.1 Å². The molecule has 2 aromatic heterocycles. The van der Waals surface area contributed by atoms with Gasteiger partial charge < -0.3 is 20.9 Å². The Hall–Kier alpha value is -3.53. The third kappa shape index (κ3) is 3.80. The number of aliphatic imine (C=N–C) groups is 1. The third-order valence-corrected chi connectivity index (χ3v) is 7.88. The Balaban J connectivity index is 1.39. The summed E-state index contributed by atoms with van der Waals surface area (Å²) in [6, 6.07) is 0.157. The van der Waals surface area contributed by atoms with Crippen LogP contribution in [0.15, 0.2) is 40.2 Å². The Morgan fingerprint density at radius 2 is 1.97 bits per heavy atom. The molecule has 0 aromatic carbocycles. The highest BCUT2D eigenvalue weighted by molar-refractivity contribution is 6.01. The molecule has 2 fully saturated rings. The summed E-state index contributed by atoms with van der Waals surface area (Å²) in [4.78, 5) is 42.4. The van der Waals surface area contributed by atoms with Crippen LogP contribution in [0.25, 0.3) is 11.0 Å². The van der Waals surface area contributed by atoms with Gasteiger partial charge in [0.2, 0.25) is 5.95 Å². The largest absolute Gasteiger partial charge is 0.382 e. The minimum Gasteiger partial charge on any atom is -0.382 e. The Bertz CT molecular complexity index is 1360. The summed E-state index contributed by atoms with van der Waals surface area (Å²) in [7, 11) is 0. The van der Waals surface area contributed by atoms with Crippen molar-refractivity contribution in [2.75, 3.05) is 31.5 Å². The number of ketones is 1. The standard InChI is InChI=1S/C26H32N8O2/c1-15-19-13-30-26(32-24(19)34(17-5-3-4-6-17)25(36)21(15)16(2)35)31-23-18-7-8-28-22(18)20(14-29-23)33-11-9-27-10-12-33/h7-8,13-14,17-18,22,27-28H,3-6,9-12H2,1-2H3,(H,29,30,31,32). The van der Waals surface area contributed by atoms with Crippen LogP contribution in [0, 0.1) is 12.8 Å². The van der Waals surface area contributed by atoms with Crippen LogP contribution in [0.3, 0.4) is 0 Å². The van der Waals surface area contributed by atoms with E-state index in [1.165, 1.54) is 12.6 Å². The maximum Gasteiger partial charge on any atom is 0.263 e. The SMILES string of the molecule is CC(=O)c1c(C)c2cnc(NC3=NC=C(N4CCNCC4)C4NC=CC34)nc2n(C2CCCC2)c1=O. The van der Waals surface area contributed by atoms with E-state index in [9.17, 15) is 9.59 Å². The highest BCUT2D eigenvalue weighted by Crippen LogP contribution is 2.32. The number of carbonyl (C=O) groups is 1. The molecule has 3 aliphatic heterocycles. The molecule has 2 aromatic rings. The fourth-order valence-corrected chi connectivity index (χ4v) is 6.04. The van der Waals surface area contributed by atoms with Crippen molar-refractivity contribution in [3.8, 4) is 0 Å².